The van der Waals surface area contributed by atoms with E-state index in [1.165, 1.54) is 0 Å². The highest BCUT2D eigenvalue weighted by Gasteiger charge is 2.35. The summed E-state index contributed by atoms with van der Waals surface area (Å²) in [4.78, 5) is 0. The highest BCUT2D eigenvalue weighted by atomic mass is 28.5. The second-order valence-electron chi connectivity index (χ2n) is 5.83. The minimum absolute atomic E-state index is 0.750. The Morgan fingerprint density at radius 2 is 0.800 bits per heavy atom. The van der Waals surface area contributed by atoms with E-state index in [0.29, 0.717) is 0 Å². The molecule has 0 aliphatic carbocycles. The second kappa shape index (κ2) is 6.31. The maximum Gasteiger partial charge on any atom is 0.311 e. The predicted molar refractivity (Wildman–Crippen MR) is 73.0 cm³/mol. The van der Waals surface area contributed by atoms with E-state index >= 15 is 0 Å². The van der Waals surface area contributed by atoms with Crippen LogP contribution in [0.25, 0.3) is 0 Å². The zero-order chi connectivity index (χ0) is 12.9. The molecule has 0 aromatic carbocycles. The van der Waals surface area contributed by atoms with Gasteiger partial charge in [-0.25, -0.2) is 5.11 Å². The highest BCUT2D eigenvalue weighted by Crippen LogP contribution is 2.19. The van der Waals surface area contributed by atoms with Gasteiger partial charge in [-0.2, -0.15) is 0 Å². The molecule has 0 aromatic heterocycles. The number of rotatable bonds is 4. The highest BCUT2D eigenvalue weighted by molar-refractivity contribution is 6.87. The summed E-state index contributed by atoms with van der Waals surface area (Å²) in [5.41, 5.74) is 0. The van der Waals surface area contributed by atoms with Crippen molar-refractivity contribution in [2.75, 3.05) is 7.11 Å². The van der Waals surface area contributed by atoms with Crippen molar-refractivity contribution in [3.63, 3.8) is 0 Å². The summed E-state index contributed by atoms with van der Waals surface area (Å²) in [6, 6.07) is 0. The van der Waals surface area contributed by atoms with Gasteiger partial charge in [-0.3, -0.25) is 0 Å². The lowest BCUT2D eigenvalue weighted by Gasteiger charge is -2.35. The van der Waals surface area contributed by atoms with E-state index in [4.69, 9.17) is 13.3 Å². The molecule has 6 heteroatoms. The Labute approximate surface area is 98.3 Å². The molecule has 15 heavy (non-hydrogen) atoms. The van der Waals surface area contributed by atoms with Crippen molar-refractivity contribution in [1.82, 2.24) is 0 Å². The summed E-state index contributed by atoms with van der Waals surface area (Å²) in [6.45, 7) is 17.6. The first-order valence-electron chi connectivity index (χ1n) is 5.22. The lowest BCUT2D eigenvalue weighted by atomic mass is 11.8. The molecule has 0 aliphatic rings. The predicted octanol–water partition coefficient (Wildman–Crippen LogP) is 3.44. The molecule has 3 nitrogen and oxygen atoms in total. The van der Waals surface area contributed by atoms with Crippen LogP contribution < -0.4 is 0 Å². The Balaban J connectivity index is 0. The lowest BCUT2D eigenvalue weighted by Crippen LogP contribution is -2.50. The van der Waals surface area contributed by atoms with Crippen LogP contribution in [0.15, 0.2) is 0 Å². The Kier molecular flexibility index (Phi) is 7.54. The third kappa shape index (κ3) is 14.5. The van der Waals surface area contributed by atoms with Crippen LogP contribution in [0.2, 0.25) is 52.4 Å². The van der Waals surface area contributed by atoms with Crippen LogP contribution in [0.1, 0.15) is 0 Å². The minimum Gasteiger partial charge on any atom is -0.437 e. The van der Waals surface area contributed by atoms with E-state index in [1.807, 2.05) is 0 Å². The van der Waals surface area contributed by atoms with Crippen molar-refractivity contribution >= 4 is 25.2 Å². The Morgan fingerprint density at radius 3 is 0.933 bits per heavy atom. The van der Waals surface area contributed by atoms with Gasteiger partial charge in [0.25, 0.3) is 0 Å². The van der Waals surface area contributed by atoms with E-state index in [2.05, 4.69) is 52.4 Å². The van der Waals surface area contributed by atoms with Gasteiger partial charge in [-0.15, -0.1) is 0 Å². The maximum absolute atomic E-state index is 8.25. The Hall–Kier alpha value is 0.531. The van der Waals surface area contributed by atoms with Crippen LogP contribution in [0, 0.1) is 0 Å². The van der Waals surface area contributed by atoms with Crippen molar-refractivity contribution in [2.24, 2.45) is 0 Å². The number of hydrogen-bond acceptors (Lipinski definition) is 2. The molecule has 0 fully saturated rings. The van der Waals surface area contributed by atoms with Crippen LogP contribution in [0.4, 0.5) is 0 Å². The van der Waals surface area contributed by atoms with Gasteiger partial charge in [-0.05, 0) is 52.4 Å². The molecule has 0 heterocycles. The molecule has 0 aromatic rings. The van der Waals surface area contributed by atoms with Gasteiger partial charge in [0, 0.05) is 0 Å². The molecule has 0 atom stereocenters. The Morgan fingerprint density at radius 1 is 0.600 bits per heavy atom. The molecular formula is C9H27O3Si3. The van der Waals surface area contributed by atoms with Crippen molar-refractivity contribution in [3.05, 3.63) is 0 Å². The van der Waals surface area contributed by atoms with Crippen molar-refractivity contribution < 1.29 is 13.3 Å². The third-order valence-corrected chi connectivity index (χ3v) is 9.94. The molecule has 0 rings (SSSR count). The fourth-order valence-electron chi connectivity index (χ4n) is 1.50. The van der Waals surface area contributed by atoms with Crippen LogP contribution in [0.3, 0.4) is 0 Å². The first-order chi connectivity index (χ1) is 6.41. The van der Waals surface area contributed by atoms with Gasteiger partial charge in [0.2, 0.25) is 0 Å². The van der Waals surface area contributed by atoms with Gasteiger partial charge < -0.3 is 8.23 Å². The van der Waals surface area contributed by atoms with Gasteiger partial charge in [-0.1, -0.05) is 0 Å². The molecular weight excluding hydrogens is 240 g/mol. The van der Waals surface area contributed by atoms with Crippen LogP contribution in [-0.2, 0) is 13.3 Å². The average molecular weight is 268 g/mol. The first kappa shape index (κ1) is 17.9. The maximum atomic E-state index is 8.25. The second-order valence-corrected chi connectivity index (χ2v) is 18.7. The molecule has 0 aliphatic heterocycles. The molecule has 0 amide bonds. The van der Waals surface area contributed by atoms with E-state index in [1.54, 1.807) is 0 Å². The standard InChI is InChI=1S/C8H24O2Si3.CH3O/c1-11(2,3)9-13(7,8)10-12(4,5)6;1-2/h1-8H3;1H3. The van der Waals surface area contributed by atoms with Crippen molar-refractivity contribution in [3.8, 4) is 0 Å². The zero-order valence-electron chi connectivity index (χ0n) is 11.7. The molecule has 0 spiro atoms. The molecule has 1 radical (unpaired) electrons. The summed E-state index contributed by atoms with van der Waals surface area (Å²) in [6.07, 6.45) is 0. The molecule has 93 valence electrons. The fraction of sp³-hybridized carbons (Fsp3) is 1.00. The van der Waals surface area contributed by atoms with E-state index in [9.17, 15) is 0 Å². The van der Waals surface area contributed by atoms with Gasteiger partial charge in [0.05, 0.1) is 7.11 Å². The van der Waals surface area contributed by atoms with Gasteiger partial charge in [0.15, 0.2) is 16.6 Å². The zero-order valence-corrected chi connectivity index (χ0v) is 14.7. The lowest BCUT2D eigenvalue weighted by molar-refractivity contribution is 0.282. The van der Waals surface area contributed by atoms with Crippen LogP contribution in [0.5, 0.6) is 0 Å². The number of hydrogen-bond donors (Lipinski definition) is 0. The van der Waals surface area contributed by atoms with E-state index in [-0.39, 0.29) is 0 Å². The summed E-state index contributed by atoms with van der Waals surface area (Å²) in [5, 5.41) is 8.25. The molecule has 0 N–H and O–H groups in total. The average Bonchev–Trinajstić information content (AvgIpc) is 1.79. The van der Waals surface area contributed by atoms with Crippen LogP contribution >= 0.6 is 0 Å². The largest absolute Gasteiger partial charge is 0.437 e. The fourth-order valence-corrected chi connectivity index (χ4v) is 13.8. The van der Waals surface area contributed by atoms with Gasteiger partial charge >= 0.3 is 8.56 Å². The third-order valence-electron chi connectivity index (χ3n) is 1.10. The monoisotopic (exact) mass is 267 g/mol. The quantitative estimate of drug-likeness (QED) is 0.732. The summed E-state index contributed by atoms with van der Waals surface area (Å²) in [5.74, 6) is 0. The topological polar surface area (TPSA) is 38.4 Å². The summed E-state index contributed by atoms with van der Waals surface area (Å²) < 4.78 is 12.2. The first-order valence-corrected chi connectivity index (χ1v) is 14.9. The molecule has 0 saturated carbocycles. The van der Waals surface area contributed by atoms with E-state index < -0.39 is 25.2 Å². The van der Waals surface area contributed by atoms with Crippen LogP contribution in [-0.4, -0.2) is 32.3 Å². The smallest absolute Gasteiger partial charge is 0.311 e. The normalized spacial score (nSPS) is 13.2. The van der Waals surface area contributed by atoms with Gasteiger partial charge in [0.1, 0.15) is 0 Å². The minimum atomic E-state index is -1.85. The van der Waals surface area contributed by atoms with Crippen molar-refractivity contribution in [1.29, 1.82) is 0 Å². The molecule has 0 unspecified atom stereocenters. The SMILES string of the molecule is C[O].C[Si](C)(C)O[Si](C)(C)O[Si](C)(C)C. The summed E-state index contributed by atoms with van der Waals surface area (Å²) in [7, 11) is -3.97. The molecule has 0 saturated heterocycles. The van der Waals surface area contributed by atoms with E-state index in [0.717, 1.165) is 7.11 Å². The Bertz CT molecular complexity index is 152. The molecule has 0 bridgehead atoms. The summed E-state index contributed by atoms with van der Waals surface area (Å²) >= 11 is 0. The van der Waals surface area contributed by atoms with Crippen molar-refractivity contribution in [2.45, 2.75) is 52.4 Å².